The van der Waals surface area contributed by atoms with Crippen molar-refractivity contribution in [2.45, 2.75) is 6.92 Å². The minimum atomic E-state index is -0.916. The first-order valence-corrected chi connectivity index (χ1v) is 5.28. The summed E-state index contributed by atoms with van der Waals surface area (Å²) < 4.78 is 0. The van der Waals surface area contributed by atoms with Crippen molar-refractivity contribution in [1.82, 2.24) is 0 Å². The SMILES string of the molecule is Cc1cccc(-c2cccc(N)c2)c1C(=O)O. The van der Waals surface area contributed by atoms with Gasteiger partial charge in [-0.15, -0.1) is 0 Å². The van der Waals surface area contributed by atoms with Crippen LogP contribution in [0.2, 0.25) is 0 Å². The van der Waals surface area contributed by atoms with Crippen LogP contribution in [0.15, 0.2) is 42.5 Å². The van der Waals surface area contributed by atoms with Gasteiger partial charge in [-0.3, -0.25) is 0 Å². The van der Waals surface area contributed by atoms with E-state index in [0.717, 1.165) is 11.1 Å². The maximum absolute atomic E-state index is 11.3. The first kappa shape index (κ1) is 11.2. The number of anilines is 1. The molecule has 3 nitrogen and oxygen atoms in total. The van der Waals surface area contributed by atoms with Gasteiger partial charge in [0.25, 0.3) is 0 Å². The molecule has 0 aliphatic heterocycles. The molecule has 2 rings (SSSR count). The van der Waals surface area contributed by atoms with Crippen LogP contribution in [0.5, 0.6) is 0 Å². The average Bonchev–Trinajstić information content (AvgIpc) is 2.28. The molecule has 17 heavy (non-hydrogen) atoms. The quantitative estimate of drug-likeness (QED) is 0.775. The van der Waals surface area contributed by atoms with Crippen LogP contribution >= 0.6 is 0 Å². The Morgan fingerprint density at radius 3 is 2.53 bits per heavy atom. The summed E-state index contributed by atoms with van der Waals surface area (Å²) in [5.41, 5.74) is 8.94. The van der Waals surface area contributed by atoms with Crippen molar-refractivity contribution in [3.8, 4) is 11.1 Å². The van der Waals surface area contributed by atoms with E-state index in [1.54, 1.807) is 31.2 Å². The number of benzene rings is 2. The van der Waals surface area contributed by atoms with Gasteiger partial charge in [0.2, 0.25) is 0 Å². The molecule has 0 aliphatic carbocycles. The molecule has 0 amide bonds. The second-order valence-electron chi connectivity index (χ2n) is 3.93. The topological polar surface area (TPSA) is 63.3 Å². The number of aryl methyl sites for hydroxylation is 1. The molecule has 0 heterocycles. The normalized spacial score (nSPS) is 10.2. The van der Waals surface area contributed by atoms with E-state index in [1.807, 2.05) is 18.2 Å². The summed E-state index contributed by atoms with van der Waals surface area (Å²) in [6.07, 6.45) is 0. The van der Waals surface area contributed by atoms with Crippen molar-refractivity contribution in [1.29, 1.82) is 0 Å². The number of carbonyl (C=O) groups is 1. The smallest absolute Gasteiger partial charge is 0.336 e. The minimum Gasteiger partial charge on any atom is -0.478 e. The highest BCUT2D eigenvalue weighted by Gasteiger charge is 2.13. The van der Waals surface area contributed by atoms with Gasteiger partial charge in [-0.2, -0.15) is 0 Å². The first-order valence-electron chi connectivity index (χ1n) is 5.28. The molecule has 86 valence electrons. The van der Waals surface area contributed by atoms with Crippen molar-refractivity contribution in [3.05, 3.63) is 53.6 Å². The second kappa shape index (κ2) is 4.29. The Bertz CT molecular complexity index is 576. The lowest BCUT2D eigenvalue weighted by Gasteiger charge is -2.09. The van der Waals surface area contributed by atoms with Crippen LogP contribution in [0.25, 0.3) is 11.1 Å². The van der Waals surface area contributed by atoms with Gasteiger partial charge in [-0.05, 0) is 35.7 Å². The Kier molecular flexibility index (Phi) is 2.83. The molecule has 0 bridgehead atoms. The second-order valence-corrected chi connectivity index (χ2v) is 3.93. The highest BCUT2D eigenvalue weighted by Crippen LogP contribution is 2.27. The fourth-order valence-corrected chi connectivity index (χ4v) is 1.90. The third kappa shape index (κ3) is 2.13. The monoisotopic (exact) mass is 227 g/mol. The number of hydrogen-bond donors (Lipinski definition) is 2. The van der Waals surface area contributed by atoms with E-state index in [-0.39, 0.29) is 0 Å². The lowest BCUT2D eigenvalue weighted by Crippen LogP contribution is -2.02. The van der Waals surface area contributed by atoms with Crippen molar-refractivity contribution in [3.63, 3.8) is 0 Å². The molecule has 2 aromatic rings. The fourth-order valence-electron chi connectivity index (χ4n) is 1.90. The zero-order chi connectivity index (χ0) is 12.4. The van der Waals surface area contributed by atoms with E-state index in [1.165, 1.54) is 0 Å². The number of rotatable bonds is 2. The van der Waals surface area contributed by atoms with Crippen LogP contribution in [0.1, 0.15) is 15.9 Å². The van der Waals surface area contributed by atoms with Crippen molar-refractivity contribution < 1.29 is 9.90 Å². The third-order valence-corrected chi connectivity index (χ3v) is 2.68. The van der Waals surface area contributed by atoms with E-state index in [4.69, 9.17) is 5.73 Å². The molecule has 0 aliphatic rings. The molecule has 0 spiro atoms. The maximum Gasteiger partial charge on any atom is 0.336 e. The molecule has 0 aromatic heterocycles. The van der Waals surface area contributed by atoms with Crippen LogP contribution in [0.3, 0.4) is 0 Å². The highest BCUT2D eigenvalue weighted by molar-refractivity contribution is 5.97. The van der Waals surface area contributed by atoms with E-state index in [0.29, 0.717) is 16.8 Å². The van der Waals surface area contributed by atoms with E-state index in [2.05, 4.69) is 0 Å². The van der Waals surface area contributed by atoms with Crippen molar-refractivity contribution in [2.75, 3.05) is 5.73 Å². The minimum absolute atomic E-state index is 0.332. The summed E-state index contributed by atoms with van der Waals surface area (Å²) in [4.78, 5) is 11.3. The summed E-state index contributed by atoms with van der Waals surface area (Å²) in [6, 6.07) is 12.7. The largest absolute Gasteiger partial charge is 0.478 e. The van der Waals surface area contributed by atoms with Crippen molar-refractivity contribution >= 4 is 11.7 Å². The van der Waals surface area contributed by atoms with Gasteiger partial charge in [0.05, 0.1) is 5.56 Å². The van der Waals surface area contributed by atoms with Crippen LogP contribution in [0.4, 0.5) is 5.69 Å². The van der Waals surface area contributed by atoms with E-state index < -0.39 is 5.97 Å². The van der Waals surface area contributed by atoms with Crippen molar-refractivity contribution in [2.24, 2.45) is 0 Å². The maximum atomic E-state index is 11.3. The first-order chi connectivity index (χ1) is 8.09. The van der Waals surface area contributed by atoms with Gasteiger partial charge in [-0.25, -0.2) is 4.79 Å². The molecule has 0 saturated heterocycles. The van der Waals surface area contributed by atoms with E-state index in [9.17, 15) is 9.90 Å². The number of hydrogen-bond acceptors (Lipinski definition) is 2. The molecule has 0 atom stereocenters. The number of nitrogen functional groups attached to an aromatic ring is 1. The standard InChI is InChI=1S/C14H13NO2/c1-9-4-2-7-12(13(9)14(16)17)10-5-3-6-11(15)8-10/h2-8H,15H2,1H3,(H,16,17). The van der Waals surface area contributed by atoms with Crippen LogP contribution < -0.4 is 5.73 Å². The summed E-state index contributed by atoms with van der Waals surface area (Å²) in [7, 11) is 0. The molecule has 0 saturated carbocycles. The van der Waals surface area contributed by atoms with E-state index >= 15 is 0 Å². The Hall–Kier alpha value is -2.29. The summed E-state index contributed by atoms with van der Waals surface area (Å²) in [6.45, 7) is 1.79. The number of nitrogens with two attached hydrogens (primary N) is 1. The lowest BCUT2D eigenvalue weighted by atomic mass is 9.96. The van der Waals surface area contributed by atoms with Gasteiger partial charge < -0.3 is 10.8 Å². The molecule has 2 aromatic carbocycles. The number of aromatic carboxylic acids is 1. The van der Waals surface area contributed by atoms with Gasteiger partial charge in [-0.1, -0.05) is 30.3 Å². The average molecular weight is 227 g/mol. The number of carboxylic acids is 1. The molecule has 3 N–H and O–H groups in total. The Morgan fingerprint density at radius 2 is 1.88 bits per heavy atom. The van der Waals surface area contributed by atoms with Gasteiger partial charge in [0.15, 0.2) is 0 Å². The molecule has 0 unspecified atom stereocenters. The Labute approximate surface area is 99.5 Å². The van der Waals surface area contributed by atoms with Crippen LogP contribution in [-0.4, -0.2) is 11.1 Å². The molecular formula is C14H13NO2. The summed E-state index contributed by atoms with van der Waals surface area (Å²) in [5, 5.41) is 9.25. The predicted octanol–water partition coefficient (Wildman–Crippen LogP) is 2.94. The zero-order valence-electron chi connectivity index (χ0n) is 9.47. The molecule has 0 radical (unpaired) electrons. The van der Waals surface area contributed by atoms with Crippen LogP contribution in [-0.2, 0) is 0 Å². The lowest BCUT2D eigenvalue weighted by molar-refractivity contribution is 0.0697. The summed E-state index contributed by atoms with van der Waals surface area (Å²) >= 11 is 0. The van der Waals surface area contributed by atoms with Gasteiger partial charge >= 0.3 is 5.97 Å². The third-order valence-electron chi connectivity index (χ3n) is 2.68. The van der Waals surface area contributed by atoms with Gasteiger partial charge in [0.1, 0.15) is 0 Å². The molecule has 3 heteroatoms. The Morgan fingerprint density at radius 1 is 1.18 bits per heavy atom. The summed E-state index contributed by atoms with van der Waals surface area (Å²) in [5.74, 6) is -0.916. The molecular weight excluding hydrogens is 214 g/mol. The fraction of sp³-hybridized carbons (Fsp3) is 0.0714. The van der Waals surface area contributed by atoms with Crippen LogP contribution in [0, 0.1) is 6.92 Å². The zero-order valence-corrected chi connectivity index (χ0v) is 9.47. The predicted molar refractivity (Wildman–Crippen MR) is 68.0 cm³/mol. The highest BCUT2D eigenvalue weighted by atomic mass is 16.4. The Balaban J connectivity index is 2.67. The number of carboxylic acid groups (broad SMARTS) is 1. The van der Waals surface area contributed by atoms with Gasteiger partial charge in [0, 0.05) is 5.69 Å². The molecule has 0 fully saturated rings.